The molecule has 2 heterocycles. The molecule has 0 bridgehead atoms. The molecule has 0 saturated carbocycles. The molecule has 0 amide bonds. The first kappa shape index (κ1) is 17.3. The van der Waals surface area contributed by atoms with E-state index in [1.807, 2.05) is 42.6 Å². The SMILES string of the molecule is Fc1ccc(CN2CCC(Nc3ccnc4cc(Cl)ccc34)CC2)cc1. The van der Waals surface area contributed by atoms with Gasteiger partial charge >= 0.3 is 0 Å². The Labute approximate surface area is 157 Å². The molecule has 1 aromatic heterocycles. The maximum atomic E-state index is 13.0. The zero-order valence-electron chi connectivity index (χ0n) is 14.5. The van der Waals surface area contributed by atoms with Crippen LogP contribution >= 0.6 is 11.6 Å². The highest BCUT2D eigenvalue weighted by Gasteiger charge is 2.19. The van der Waals surface area contributed by atoms with Gasteiger partial charge in [0.15, 0.2) is 0 Å². The highest BCUT2D eigenvalue weighted by atomic mass is 35.5. The lowest BCUT2D eigenvalue weighted by Crippen LogP contribution is -2.38. The molecule has 3 nitrogen and oxygen atoms in total. The fraction of sp³-hybridized carbons (Fsp3) is 0.286. The van der Waals surface area contributed by atoms with E-state index in [2.05, 4.69) is 15.2 Å². The Hall–Kier alpha value is -2.17. The summed E-state index contributed by atoms with van der Waals surface area (Å²) in [5.41, 5.74) is 3.19. The van der Waals surface area contributed by atoms with Crippen molar-refractivity contribution in [1.29, 1.82) is 0 Å². The maximum absolute atomic E-state index is 13.0. The average molecular weight is 370 g/mol. The molecule has 1 fully saturated rings. The number of hydrogen-bond donors (Lipinski definition) is 1. The Morgan fingerprint density at radius 1 is 1.08 bits per heavy atom. The van der Waals surface area contributed by atoms with Crippen molar-refractivity contribution >= 4 is 28.2 Å². The van der Waals surface area contributed by atoms with Gasteiger partial charge in [0.2, 0.25) is 0 Å². The van der Waals surface area contributed by atoms with Crippen molar-refractivity contribution in [2.75, 3.05) is 18.4 Å². The van der Waals surface area contributed by atoms with Crippen LogP contribution in [0.5, 0.6) is 0 Å². The largest absolute Gasteiger partial charge is 0.382 e. The molecule has 26 heavy (non-hydrogen) atoms. The molecular formula is C21H21ClFN3. The number of halogens is 2. The summed E-state index contributed by atoms with van der Waals surface area (Å²) in [6.45, 7) is 2.94. The van der Waals surface area contributed by atoms with Gasteiger partial charge in [-0.25, -0.2) is 4.39 Å². The molecule has 1 aliphatic heterocycles. The van der Waals surface area contributed by atoms with E-state index in [1.165, 1.54) is 12.1 Å². The quantitative estimate of drug-likeness (QED) is 0.693. The van der Waals surface area contributed by atoms with Crippen molar-refractivity contribution in [1.82, 2.24) is 9.88 Å². The minimum absolute atomic E-state index is 0.178. The van der Waals surface area contributed by atoms with E-state index in [0.717, 1.165) is 54.6 Å². The standard InChI is InChI=1S/C21H21ClFN3/c22-16-3-6-19-20(7-10-24-21(19)13-16)25-18-8-11-26(12-9-18)14-15-1-4-17(23)5-2-15/h1-7,10,13,18H,8-9,11-12,14H2,(H,24,25). The zero-order chi connectivity index (χ0) is 17.9. The first-order chi connectivity index (χ1) is 12.7. The molecule has 1 aliphatic rings. The average Bonchev–Trinajstić information content (AvgIpc) is 2.65. The summed E-state index contributed by atoms with van der Waals surface area (Å²) in [5, 5.41) is 5.48. The van der Waals surface area contributed by atoms with Crippen LogP contribution in [0.4, 0.5) is 10.1 Å². The third-order valence-electron chi connectivity index (χ3n) is 4.97. The van der Waals surface area contributed by atoms with Gasteiger partial charge in [0.25, 0.3) is 0 Å². The highest BCUT2D eigenvalue weighted by molar-refractivity contribution is 6.31. The van der Waals surface area contributed by atoms with Crippen molar-refractivity contribution in [3.63, 3.8) is 0 Å². The van der Waals surface area contributed by atoms with Crippen molar-refractivity contribution in [2.45, 2.75) is 25.4 Å². The summed E-state index contributed by atoms with van der Waals surface area (Å²) >= 11 is 6.07. The van der Waals surface area contributed by atoms with Gasteiger partial charge in [0.05, 0.1) is 5.52 Å². The fourth-order valence-electron chi connectivity index (χ4n) is 3.55. The van der Waals surface area contributed by atoms with Gasteiger partial charge < -0.3 is 5.32 Å². The number of likely N-dealkylation sites (tertiary alicyclic amines) is 1. The first-order valence-electron chi connectivity index (χ1n) is 8.95. The van der Waals surface area contributed by atoms with E-state index in [1.54, 1.807) is 0 Å². The third kappa shape index (κ3) is 3.97. The van der Waals surface area contributed by atoms with Gasteiger partial charge in [-0.1, -0.05) is 23.7 Å². The summed E-state index contributed by atoms with van der Waals surface area (Å²) in [4.78, 5) is 6.83. The normalized spacial score (nSPS) is 16.1. The minimum atomic E-state index is -0.178. The van der Waals surface area contributed by atoms with E-state index in [9.17, 15) is 4.39 Å². The van der Waals surface area contributed by atoms with Crippen molar-refractivity contribution in [2.24, 2.45) is 0 Å². The second-order valence-electron chi connectivity index (χ2n) is 6.84. The first-order valence-corrected chi connectivity index (χ1v) is 9.33. The molecule has 4 rings (SSSR count). The second kappa shape index (κ2) is 7.60. The van der Waals surface area contributed by atoms with Crippen LogP contribution in [0.2, 0.25) is 5.02 Å². The monoisotopic (exact) mass is 369 g/mol. The maximum Gasteiger partial charge on any atom is 0.123 e. The lowest BCUT2D eigenvalue weighted by molar-refractivity contribution is 0.211. The molecule has 0 aliphatic carbocycles. The van der Waals surface area contributed by atoms with Crippen molar-refractivity contribution in [3.8, 4) is 0 Å². The number of nitrogens with one attached hydrogen (secondary N) is 1. The third-order valence-corrected chi connectivity index (χ3v) is 5.21. The molecular weight excluding hydrogens is 349 g/mol. The Morgan fingerprint density at radius 3 is 2.62 bits per heavy atom. The summed E-state index contributed by atoms with van der Waals surface area (Å²) in [5.74, 6) is -0.178. The molecule has 0 radical (unpaired) electrons. The number of anilines is 1. The van der Waals surface area contributed by atoms with Crippen LogP contribution in [0.3, 0.4) is 0 Å². The van der Waals surface area contributed by atoms with E-state index in [0.29, 0.717) is 11.1 Å². The number of aromatic nitrogens is 1. The van der Waals surface area contributed by atoms with Crippen LogP contribution in [0.1, 0.15) is 18.4 Å². The molecule has 1 N–H and O–H groups in total. The van der Waals surface area contributed by atoms with Gasteiger partial charge in [0, 0.05) is 48.0 Å². The summed E-state index contributed by atoms with van der Waals surface area (Å²) in [6.07, 6.45) is 3.99. The topological polar surface area (TPSA) is 28.2 Å². The predicted molar refractivity (Wildman–Crippen MR) is 105 cm³/mol. The fourth-order valence-corrected chi connectivity index (χ4v) is 3.72. The Balaban J connectivity index is 1.37. The van der Waals surface area contributed by atoms with Crippen LogP contribution in [-0.2, 0) is 6.54 Å². The number of pyridine rings is 1. The van der Waals surface area contributed by atoms with Gasteiger partial charge in [-0.15, -0.1) is 0 Å². The van der Waals surface area contributed by atoms with E-state index in [-0.39, 0.29) is 5.82 Å². The molecule has 134 valence electrons. The second-order valence-corrected chi connectivity index (χ2v) is 7.28. The van der Waals surface area contributed by atoms with E-state index >= 15 is 0 Å². The van der Waals surface area contributed by atoms with Crippen molar-refractivity contribution in [3.05, 3.63) is 71.1 Å². The van der Waals surface area contributed by atoms with Gasteiger partial charge in [-0.3, -0.25) is 9.88 Å². The number of benzene rings is 2. The Kier molecular flexibility index (Phi) is 5.05. The number of piperidine rings is 1. The van der Waals surface area contributed by atoms with Crippen molar-refractivity contribution < 1.29 is 4.39 Å². The number of fused-ring (bicyclic) bond motifs is 1. The van der Waals surface area contributed by atoms with Crippen LogP contribution < -0.4 is 5.32 Å². The molecule has 0 atom stereocenters. The molecule has 0 spiro atoms. The summed E-state index contributed by atoms with van der Waals surface area (Å²) in [6, 6.07) is 15.1. The number of rotatable bonds is 4. The van der Waals surface area contributed by atoms with Crippen LogP contribution in [0, 0.1) is 5.82 Å². The smallest absolute Gasteiger partial charge is 0.123 e. The van der Waals surface area contributed by atoms with E-state index < -0.39 is 0 Å². The lowest BCUT2D eigenvalue weighted by Gasteiger charge is -2.33. The predicted octanol–water partition coefficient (Wildman–Crippen LogP) is 5.10. The Morgan fingerprint density at radius 2 is 1.85 bits per heavy atom. The van der Waals surface area contributed by atoms with Crippen LogP contribution in [-0.4, -0.2) is 29.0 Å². The summed E-state index contributed by atoms with van der Waals surface area (Å²) < 4.78 is 13.0. The minimum Gasteiger partial charge on any atom is -0.382 e. The molecule has 5 heteroatoms. The van der Waals surface area contributed by atoms with Gasteiger partial charge in [0.1, 0.15) is 5.82 Å². The number of nitrogens with zero attached hydrogens (tertiary/aromatic N) is 2. The molecule has 3 aromatic rings. The highest BCUT2D eigenvalue weighted by Crippen LogP contribution is 2.26. The molecule has 0 unspecified atom stereocenters. The van der Waals surface area contributed by atoms with Gasteiger partial charge in [-0.05, 0) is 54.8 Å². The molecule has 1 saturated heterocycles. The zero-order valence-corrected chi connectivity index (χ0v) is 15.2. The van der Waals surface area contributed by atoms with E-state index in [4.69, 9.17) is 11.6 Å². The summed E-state index contributed by atoms with van der Waals surface area (Å²) in [7, 11) is 0. The van der Waals surface area contributed by atoms with Crippen LogP contribution in [0.25, 0.3) is 10.9 Å². The Bertz CT molecular complexity index is 889. The van der Waals surface area contributed by atoms with Gasteiger partial charge in [-0.2, -0.15) is 0 Å². The lowest BCUT2D eigenvalue weighted by atomic mass is 10.0. The van der Waals surface area contributed by atoms with Crippen LogP contribution in [0.15, 0.2) is 54.7 Å². The number of hydrogen-bond acceptors (Lipinski definition) is 3. The molecule has 2 aromatic carbocycles.